The van der Waals surface area contributed by atoms with E-state index in [0.717, 1.165) is 22.5 Å². The van der Waals surface area contributed by atoms with E-state index in [0.29, 0.717) is 46.2 Å². The van der Waals surface area contributed by atoms with E-state index in [4.69, 9.17) is 24.2 Å². The second-order valence-electron chi connectivity index (χ2n) is 8.39. The normalized spacial score (nSPS) is 10.9. The minimum absolute atomic E-state index is 0.183. The summed E-state index contributed by atoms with van der Waals surface area (Å²) in [5.41, 5.74) is 5.11. The Morgan fingerprint density at radius 2 is 1.70 bits per heavy atom. The molecule has 2 radical (unpaired) electrons. The fourth-order valence-electron chi connectivity index (χ4n) is 3.99. The zero-order chi connectivity index (χ0) is 25.8. The summed E-state index contributed by atoms with van der Waals surface area (Å²) in [7, 11) is 7.66. The first-order valence-electron chi connectivity index (χ1n) is 11.7. The Labute approximate surface area is 220 Å². The summed E-state index contributed by atoms with van der Waals surface area (Å²) >= 11 is 6.41. The van der Waals surface area contributed by atoms with Crippen LogP contribution in [0.4, 0.5) is 5.82 Å². The van der Waals surface area contributed by atoms with Gasteiger partial charge in [0, 0.05) is 35.9 Å². The van der Waals surface area contributed by atoms with Crippen molar-refractivity contribution in [2.75, 3.05) is 12.4 Å². The number of carbonyl (C=O) groups excluding carboxylic acids is 1. The van der Waals surface area contributed by atoms with Crippen molar-refractivity contribution >= 4 is 42.3 Å². The maximum Gasteiger partial charge on any atom is 0.255 e. The lowest BCUT2D eigenvalue weighted by Crippen LogP contribution is -2.23. The molecule has 2 N–H and O–H groups in total. The summed E-state index contributed by atoms with van der Waals surface area (Å²) in [5.74, 6) is 1.10. The Morgan fingerprint density at radius 3 is 2.46 bits per heavy atom. The van der Waals surface area contributed by atoms with Gasteiger partial charge in [0.15, 0.2) is 5.65 Å². The minimum Gasteiger partial charge on any atom is -0.496 e. The van der Waals surface area contributed by atoms with Gasteiger partial charge in [-0.3, -0.25) is 4.79 Å². The standard InChI is InChI=1S/C28H23BClN5O2/c1-37-25-9-5-3-7-21(25)28(36)32-16-19-12-10-18(11-13-19)15-31-26-14-24(20-6-2-4-8-23(20)30)34-27-22(29)17-33-35(26)27/h2-14,17,31H,15-16H2,1H3,(H,32,36). The summed E-state index contributed by atoms with van der Waals surface area (Å²) in [5, 5.41) is 11.3. The van der Waals surface area contributed by atoms with Crippen LogP contribution in [0.3, 0.4) is 0 Å². The highest BCUT2D eigenvalue weighted by Gasteiger charge is 2.13. The summed E-state index contributed by atoms with van der Waals surface area (Å²) < 4.78 is 6.95. The van der Waals surface area contributed by atoms with Crippen LogP contribution in [0.25, 0.3) is 16.9 Å². The number of nitrogens with one attached hydrogen (secondary N) is 2. The van der Waals surface area contributed by atoms with Gasteiger partial charge in [-0.05, 0) is 34.8 Å². The smallest absolute Gasteiger partial charge is 0.255 e. The molecule has 5 rings (SSSR count). The number of aromatic nitrogens is 3. The second-order valence-corrected chi connectivity index (χ2v) is 8.80. The number of amides is 1. The van der Waals surface area contributed by atoms with E-state index in [2.05, 4.69) is 20.7 Å². The van der Waals surface area contributed by atoms with Gasteiger partial charge in [-0.1, -0.05) is 66.2 Å². The van der Waals surface area contributed by atoms with Crippen molar-refractivity contribution in [3.8, 4) is 17.0 Å². The first-order chi connectivity index (χ1) is 18.0. The Balaban J connectivity index is 1.28. The van der Waals surface area contributed by atoms with Gasteiger partial charge in [-0.25, -0.2) is 4.98 Å². The molecule has 182 valence electrons. The highest BCUT2D eigenvalue weighted by atomic mass is 35.5. The highest BCUT2D eigenvalue weighted by molar-refractivity contribution is 6.36. The quantitative estimate of drug-likeness (QED) is 0.304. The summed E-state index contributed by atoms with van der Waals surface area (Å²) in [6, 6.07) is 24.6. The van der Waals surface area contributed by atoms with Gasteiger partial charge >= 0.3 is 0 Å². The predicted molar refractivity (Wildman–Crippen MR) is 147 cm³/mol. The number of benzene rings is 3. The number of fused-ring (bicyclic) bond motifs is 1. The van der Waals surface area contributed by atoms with Crippen LogP contribution >= 0.6 is 11.6 Å². The number of hydrogen-bond acceptors (Lipinski definition) is 5. The third kappa shape index (κ3) is 5.29. The number of nitrogens with zero attached hydrogens (tertiary/aromatic N) is 3. The van der Waals surface area contributed by atoms with E-state index >= 15 is 0 Å². The fourth-order valence-corrected chi connectivity index (χ4v) is 4.22. The van der Waals surface area contributed by atoms with Crippen molar-refractivity contribution in [2.45, 2.75) is 13.1 Å². The zero-order valence-electron chi connectivity index (χ0n) is 20.1. The maximum absolute atomic E-state index is 12.6. The van der Waals surface area contributed by atoms with Crippen LogP contribution in [0, 0.1) is 0 Å². The molecular formula is C28H23BClN5O2. The summed E-state index contributed by atoms with van der Waals surface area (Å²) in [6.45, 7) is 0.956. The number of halogens is 1. The third-order valence-electron chi connectivity index (χ3n) is 5.95. The molecule has 0 aliphatic carbocycles. The summed E-state index contributed by atoms with van der Waals surface area (Å²) in [4.78, 5) is 17.2. The number of para-hydroxylation sites is 1. The van der Waals surface area contributed by atoms with Gasteiger partial charge in [0.05, 0.1) is 18.4 Å². The molecule has 1 amide bonds. The van der Waals surface area contributed by atoms with Crippen LogP contribution in [0.1, 0.15) is 21.5 Å². The van der Waals surface area contributed by atoms with Gasteiger partial charge in [-0.2, -0.15) is 9.61 Å². The average Bonchev–Trinajstić information content (AvgIpc) is 3.31. The first-order valence-corrected chi connectivity index (χ1v) is 12.0. The van der Waals surface area contributed by atoms with E-state index in [1.54, 1.807) is 30.0 Å². The number of rotatable bonds is 8. The van der Waals surface area contributed by atoms with Crippen molar-refractivity contribution < 1.29 is 9.53 Å². The Bertz CT molecular complexity index is 1570. The predicted octanol–water partition coefficient (Wildman–Crippen LogP) is 4.39. The molecule has 2 heterocycles. The van der Waals surface area contributed by atoms with Gasteiger partial charge in [-0.15, -0.1) is 0 Å². The Morgan fingerprint density at radius 1 is 1.00 bits per heavy atom. The second kappa shape index (κ2) is 10.8. The molecule has 0 aliphatic rings. The topological polar surface area (TPSA) is 80.5 Å². The van der Waals surface area contributed by atoms with Crippen molar-refractivity contribution in [1.82, 2.24) is 19.9 Å². The van der Waals surface area contributed by atoms with Crippen LogP contribution in [-0.2, 0) is 13.1 Å². The molecule has 0 unspecified atom stereocenters. The number of hydrogen-bond donors (Lipinski definition) is 2. The molecule has 0 spiro atoms. The molecule has 0 fully saturated rings. The van der Waals surface area contributed by atoms with Crippen LogP contribution < -0.4 is 20.8 Å². The van der Waals surface area contributed by atoms with Gasteiger partial charge in [0.1, 0.15) is 19.4 Å². The monoisotopic (exact) mass is 507 g/mol. The van der Waals surface area contributed by atoms with Gasteiger partial charge < -0.3 is 15.4 Å². The number of carbonyl (C=O) groups is 1. The molecule has 0 atom stereocenters. The first kappa shape index (κ1) is 24.4. The molecule has 0 bridgehead atoms. The third-order valence-corrected chi connectivity index (χ3v) is 6.28. The van der Waals surface area contributed by atoms with Crippen molar-refractivity contribution in [3.63, 3.8) is 0 Å². The van der Waals surface area contributed by atoms with Crippen molar-refractivity contribution in [2.24, 2.45) is 0 Å². The molecule has 0 saturated heterocycles. The van der Waals surface area contributed by atoms with E-state index in [-0.39, 0.29) is 5.91 Å². The average molecular weight is 508 g/mol. The number of methoxy groups -OCH3 is 1. The van der Waals surface area contributed by atoms with Crippen molar-refractivity contribution in [3.05, 3.63) is 107 Å². The Hall–Kier alpha value is -4.30. The highest BCUT2D eigenvalue weighted by Crippen LogP contribution is 2.28. The molecule has 3 aromatic carbocycles. The van der Waals surface area contributed by atoms with E-state index in [1.165, 1.54) is 0 Å². The zero-order valence-corrected chi connectivity index (χ0v) is 20.9. The minimum atomic E-state index is -0.183. The molecule has 5 aromatic rings. The maximum atomic E-state index is 12.6. The van der Waals surface area contributed by atoms with Crippen LogP contribution in [0.2, 0.25) is 5.02 Å². The SMILES string of the molecule is [B]c1cnn2c(NCc3ccc(CNC(=O)c4ccccc4OC)cc3)cc(-c3ccccc3Cl)nc12. The molecule has 0 saturated carbocycles. The van der Waals surface area contributed by atoms with Crippen LogP contribution in [0.5, 0.6) is 5.75 Å². The molecule has 7 nitrogen and oxygen atoms in total. The molecule has 37 heavy (non-hydrogen) atoms. The lowest BCUT2D eigenvalue weighted by Gasteiger charge is -2.12. The van der Waals surface area contributed by atoms with E-state index in [1.807, 2.05) is 66.7 Å². The summed E-state index contributed by atoms with van der Waals surface area (Å²) in [6.07, 6.45) is 1.58. The van der Waals surface area contributed by atoms with E-state index in [9.17, 15) is 4.79 Å². The van der Waals surface area contributed by atoms with Gasteiger partial charge in [0.25, 0.3) is 5.91 Å². The van der Waals surface area contributed by atoms with E-state index < -0.39 is 0 Å². The number of anilines is 1. The Kier molecular flexibility index (Phi) is 7.10. The molecule has 9 heteroatoms. The molecular weight excluding hydrogens is 485 g/mol. The molecule has 2 aromatic heterocycles. The lowest BCUT2D eigenvalue weighted by molar-refractivity contribution is 0.0948. The van der Waals surface area contributed by atoms with Gasteiger partial charge in [0.2, 0.25) is 0 Å². The van der Waals surface area contributed by atoms with Crippen molar-refractivity contribution in [1.29, 1.82) is 0 Å². The largest absolute Gasteiger partial charge is 0.496 e. The van der Waals surface area contributed by atoms with Crippen LogP contribution in [-0.4, -0.2) is 35.5 Å². The van der Waals surface area contributed by atoms with Crippen LogP contribution in [0.15, 0.2) is 85.1 Å². The molecule has 0 aliphatic heterocycles. The fraction of sp³-hybridized carbons (Fsp3) is 0.107. The number of ether oxygens (including phenoxy) is 1. The lowest BCUT2D eigenvalue weighted by atomic mass is 10.0.